The van der Waals surface area contributed by atoms with Crippen molar-refractivity contribution in [3.05, 3.63) is 57.1 Å². The summed E-state index contributed by atoms with van der Waals surface area (Å²) in [7, 11) is 0. The zero-order chi connectivity index (χ0) is 27.7. The van der Waals surface area contributed by atoms with E-state index in [1.165, 1.54) is 16.2 Å². The first kappa shape index (κ1) is 27.3. The number of nitrogens with zero attached hydrogens (tertiary/aromatic N) is 3. The van der Waals surface area contributed by atoms with E-state index in [4.69, 9.17) is 9.72 Å². The highest BCUT2D eigenvalue weighted by atomic mass is 32.1. The molecule has 204 valence electrons. The third-order valence-corrected chi connectivity index (χ3v) is 9.23. The number of nitriles is 1. The number of nitrogens with one attached hydrogen (secondary N) is 1. The number of fused-ring (bicyclic) bond motifs is 3. The van der Waals surface area contributed by atoms with Crippen molar-refractivity contribution in [2.45, 2.75) is 66.3 Å². The average molecular weight is 545 g/mol. The van der Waals surface area contributed by atoms with Gasteiger partial charge in [0.15, 0.2) is 6.61 Å². The number of aromatic nitrogens is 1. The van der Waals surface area contributed by atoms with Crippen LogP contribution in [0, 0.1) is 22.7 Å². The lowest BCUT2D eigenvalue weighted by Gasteiger charge is -2.33. The molecule has 7 nitrogen and oxygen atoms in total. The van der Waals surface area contributed by atoms with E-state index in [-0.39, 0.29) is 5.41 Å². The van der Waals surface area contributed by atoms with E-state index in [1.54, 1.807) is 0 Å². The van der Waals surface area contributed by atoms with Crippen LogP contribution in [0.25, 0.3) is 10.9 Å². The second kappa shape index (κ2) is 11.1. The number of thiophene rings is 1. The number of hydrogen-bond acceptors (Lipinski definition) is 7. The fourth-order valence-corrected chi connectivity index (χ4v) is 7.18. The zero-order valence-electron chi connectivity index (χ0n) is 23.2. The van der Waals surface area contributed by atoms with E-state index in [0.717, 1.165) is 72.9 Å². The molecule has 5 rings (SSSR count). The Kier molecular flexibility index (Phi) is 7.75. The molecule has 1 aliphatic carbocycles. The molecule has 0 spiro atoms. The number of carbonyl (C=O) groups is 2. The van der Waals surface area contributed by atoms with Gasteiger partial charge in [0.25, 0.3) is 5.91 Å². The highest BCUT2D eigenvalue weighted by molar-refractivity contribution is 7.16. The van der Waals surface area contributed by atoms with Crippen molar-refractivity contribution in [3.8, 4) is 6.07 Å². The molecule has 0 saturated carbocycles. The second-order valence-electron chi connectivity index (χ2n) is 11.7. The first-order valence-electron chi connectivity index (χ1n) is 13.8. The lowest BCUT2D eigenvalue weighted by molar-refractivity contribution is -0.119. The normalized spacial score (nSPS) is 17.3. The van der Waals surface area contributed by atoms with Gasteiger partial charge in [0.2, 0.25) is 0 Å². The number of hydrogen-bond donors (Lipinski definition) is 1. The molecule has 39 heavy (non-hydrogen) atoms. The Morgan fingerprint density at radius 1 is 1.23 bits per heavy atom. The SMILES string of the molecule is CCCN1CCc2nc3ccccc3c(C(=O)OCC(=O)Nc3sc4c(c3C#N)CCC(C(C)(C)C)C4)c2C1. The van der Waals surface area contributed by atoms with Crippen LogP contribution in [0.1, 0.15) is 78.2 Å². The fourth-order valence-electron chi connectivity index (χ4n) is 5.88. The maximum absolute atomic E-state index is 13.5. The molecule has 8 heteroatoms. The van der Waals surface area contributed by atoms with E-state index in [1.807, 2.05) is 24.3 Å². The van der Waals surface area contributed by atoms with Crippen molar-refractivity contribution >= 4 is 39.1 Å². The summed E-state index contributed by atoms with van der Waals surface area (Å²) in [6.07, 6.45) is 4.60. The topological polar surface area (TPSA) is 95.3 Å². The molecule has 2 aliphatic rings. The van der Waals surface area contributed by atoms with Gasteiger partial charge in [0.05, 0.1) is 16.6 Å². The van der Waals surface area contributed by atoms with Crippen molar-refractivity contribution in [1.29, 1.82) is 5.26 Å². The van der Waals surface area contributed by atoms with Gasteiger partial charge in [0.1, 0.15) is 11.1 Å². The maximum Gasteiger partial charge on any atom is 0.339 e. The molecule has 1 unspecified atom stereocenters. The molecule has 2 aromatic heterocycles. The van der Waals surface area contributed by atoms with Crippen molar-refractivity contribution in [2.24, 2.45) is 11.3 Å². The number of pyridine rings is 1. The van der Waals surface area contributed by atoms with E-state index in [2.05, 4.69) is 44.0 Å². The first-order chi connectivity index (χ1) is 18.7. The Labute approximate surface area is 234 Å². The van der Waals surface area contributed by atoms with Crippen LogP contribution in [0.5, 0.6) is 0 Å². The Morgan fingerprint density at radius 3 is 2.77 bits per heavy atom. The van der Waals surface area contributed by atoms with E-state index >= 15 is 0 Å². The number of rotatable bonds is 6. The third kappa shape index (κ3) is 5.57. The lowest BCUT2D eigenvalue weighted by atomic mass is 9.72. The highest BCUT2D eigenvalue weighted by Crippen LogP contribution is 2.44. The summed E-state index contributed by atoms with van der Waals surface area (Å²) in [5.74, 6) is -0.419. The van der Waals surface area contributed by atoms with Gasteiger partial charge in [-0.05, 0) is 55.2 Å². The van der Waals surface area contributed by atoms with Crippen LogP contribution < -0.4 is 5.32 Å². The molecule has 0 fully saturated rings. The average Bonchev–Trinajstić information content (AvgIpc) is 3.26. The van der Waals surface area contributed by atoms with Crippen molar-refractivity contribution in [3.63, 3.8) is 0 Å². The molecule has 1 aliphatic heterocycles. The van der Waals surface area contributed by atoms with Crippen LogP contribution in [0.15, 0.2) is 24.3 Å². The van der Waals surface area contributed by atoms with Gasteiger partial charge in [-0.15, -0.1) is 11.3 Å². The number of benzene rings is 1. The molecule has 0 saturated heterocycles. The minimum absolute atomic E-state index is 0.190. The predicted octanol–water partition coefficient (Wildman–Crippen LogP) is 5.88. The Balaban J connectivity index is 1.33. The van der Waals surface area contributed by atoms with Gasteiger partial charge in [-0.2, -0.15) is 5.26 Å². The summed E-state index contributed by atoms with van der Waals surface area (Å²) in [5, 5.41) is 14.0. The molecule has 1 atom stereocenters. The van der Waals surface area contributed by atoms with Crippen LogP contribution in [-0.2, 0) is 35.3 Å². The van der Waals surface area contributed by atoms with Gasteiger partial charge in [-0.1, -0.05) is 45.9 Å². The number of esters is 1. The maximum atomic E-state index is 13.5. The minimum Gasteiger partial charge on any atom is -0.452 e. The van der Waals surface area contributed by atoms with Crippen molar-refractivity contribution in [2.75, 3.05) is 25.0 Å². The Hall–Kier alpha value is -3.28. The van der Waals surface area contributed by atoms with Gasteiger partial charge >= 0.3 is 5.97 Å². The molecule has 0 radical (unpaired) electrons. The van der Waals surface area contributed by atoms with Crippen LogP contribution in [0.2, 0.25) is 0 Å². The fraction of sp³-hybridized carbons (Fsp3) is 0.484. The first-order valence-corrected chi connectivity index (χ1v) is 14.7. The Bertz CT molecular complexity index is 1460. The summed E-state index contributed by atoms with van der Waals surface area (Å²) in [6.45, 7) is 11.0. The highest BCUT2D eigenvalue weighted by Gasteiger charge is 2.33. The van der Waals surface area contributed by atoms with E-state index in [9.17, 15) is 14.9 Å². The van der Waals surface area contributed by atoms with Gasteiger partial charge < -0.3 is 10.1 Å². The lowest BCUT2D eigenvalue weighted by Crippen LogP contribution is -2.33. The van der Waals surface area contributed by atoms with Gasteiger partial charge in [-0.25, -0.2) is 4.79 Å². The molecule has 3 aromatic rings. The van der Waals surface area contributed by atoms with Crippen molar-refractivity contribution in [1.82, 2.24) is 9.88 Å². The summed E-state index contributed by atoms with van der Waals surface area (Å²) in [5.41, 5.74) is 4.87. The van der Waals surface area contributed by atoms with Crippen LogP contribution in [-0.4, -0.2) is 41.5 Å². The number of amides is 1. The zero-order valence-corrected chi connectivity index (χ0v) is 24.0. The van der Waals surface area contributed by atoms with E-state index in [0.29, 0.717) is 28.6 Å². The summed E-state index contributed by atoms with van der Waals surface area (Å²) in [6, 6.07) is 9.89. The van der Waals surface area contributed by atoms with Gasteiger partial charge in [0, 0.05) is 41.0 Å². The van der Waals surface area contributed by atoms with Crippen LogP contribution in [0.3, 0.4) is 0 Å². The number of para-hydroxylation sites is 1. The number of carbonyl (C=O) groups excluding carboxylic acids is 2. The minimum atomic E-state index is -0.516. The summed E-state index contributed by atoms with van der Waals surface area (Å²) in [4.78, 5) is 34.7. The van der Waals surface area contributed by atoms with E-state index < -0.39 is 18.5 Å². The molecule has 0 bridgehead atoms. The Morgan fingerprint density at radius 2 is 2.03 bits per heavy atom. The van der Waals surface area contributed by atoms with Crippen molar-refractivity contribution < 1.29 is 14.3 Å². The molecule has 3 heterocycles. The number of ether oxygens (including phenoxy) is 1. The molecule has 1 N–H and O–H groups in total. The monoisotopic (exact) mass is 544 g/mol. The molecular weight excluding hydrogens is 508 g/mol. The smallest absolute Gasteiger partial charge is 0.339 e. The molecular formula is C31H36N4O3S. The second-order valence-corrected chi connectivity index (χ2v) is 12.8. The summed E-state index contributed by atoms with van der Waals surface area (Å²) < 4.78 is 5.59. The standard InChI is InChI=1S/C31H36N4O3S/c1-5-13-35-14-12-25-23(17-35)28(21-8-6-7-9-24(21)33-25)30(37)38-18-27(36)34-29-22(16-32)20-11-10-19(31(2,3)4)15-26(20)39-29/h6-9,19H,5,10-15,17-18H2,1-4H3,(H,34,36). The number of anilines is 1. The quantitative estimate of drug-likeness (QED) is 0.389. The van der Waals surface area contributed by atoms with Gasteiger partial charge in [-0.3, -0.25) is 14.7 Å². The van der Waals surface area contributed by atoms with Crippen LogP contribution >= 0.6 is 11.3 Å². The largest absolute Gasteiger partial charge is 0.452 e. The van der Waals surface area contributed by atoms with Crippen LogP contribution in [0.4, 0.5) is 5.00 Å². The summed E-state index contributed by atoms with van der Waals surface area (Å²) >= 11 is 1.48. The molecule has 1 aromatic carbocycles. The molecule has 1 amide bonds. The predicted molar refractivity (Wildman–Crippen MR) is 154 cm³/mol. The third-order valence-electron chi connectivity index (χ3n) is 8.06.